The summed E-state index contributed by atoms with van der Waals surface area (Å²) >= 11 is 0. The summed E-state index contributed by atoms with van der Waals surface area (Å²) in [5, 5.41) is 7.03. The third-order valence-electron chi connectivity index (χ3n) is 3.44. The maximum absolute atomic E-state index is 11.8. The lowest BCUT2D eigenvalue weighted by molar-refractivity contribution is -0.121. The van der Waals surface area contributed by atoms with Crippen LogP contribution in [-0.4, -0.2) is 45.8 Å². The molecule has 0 aromatic carbocycles. The molecule has 0 unspecified atom stereocenters. The van der Waals surface area contributed by atoms with Crippen molar-refractivity contribution >= 4 is 11.7 Å². The second-order valence-electron chi connectivity index (χ2n) is 4.93. The first-order chi connectivity index (χ1) is 10.1. The Morgan fingerprint density at radius 3 is 3.00 bits per heavy atom. The van der Waals surface area contributed by atoms with E-state index in [9.17, 15) is 4.79 Å². The molecule has 1 N–H and O–H groups in total. The summed E-state index contributed by atoms with van der Waals surface area (Å²) < 4.78 is 6.65. The average Bonchev–Trinajstić information content (AvgIpc) is 2.91. The molecule has 7 heteroatoms. The maximum Gasteiger partial charge on any atom is 0.252 e. The van der Waals surface area contributed by atoms with E-state index in [0.717, 1.165) is 23.4 Å². The van der Waals surface area contributed by atoms with Crippen molar-refractivity contribution in [3.05, 3.63) is 23.3 Å². The van der Waals surface area contributed by atoms with E-state index in [0.29, 0.717) is 31.8 Å². The number of aryl methyl sites for hydroxylation is 2. The highest BCUT2D eigenvalue weighted by molar-refractivity contribution is 5.76. The van der Waals surface area contributed by atoms with Gasteiger partial charge in [0.25, 0.3) is 5.78 Å². The summed E-state index contributed by atoms with van der Waals surface area (Å²) in [6.45, 7) is 5.21. The van der Waals surface area contributed by atoms with E-state index in [-0.39, 0.29) is 5.91 Å². The largest absolute Gasteiger partial charge is 0.385 e. The summed E-state index contributed by atoms with van der Waals surface area (Å²) in [4.78, 5) is 20.3. The van der Waals surface area contributed by atoms with Crippen LogP contribution in [0.3, 0.4) is 0 Å². The van der Waals surface area contributed by atoms with E-state index in [4.69, 9.17) is 4.74 Å². The number of fused-ring (bicyclic) bond motifs is 1. The zero-order valence-corrected chi connectivity index (χ0v) is 12.7. The Bertz CT molecular complexity index is 623. The molecule has 2 heterocycles. The minimum atomic E-state index is 0.0450. The summed E-state index contributed by atoms with van der Waals surface area (Å²) in [7, 11) is 1.65. The van der Waals surface area contributed by atoms with Crippen LogP contribution in [0.5, 0.6) is 0 Å². The summed E-state index contributed by atoms with van der Waals surface area (Å²) in [5.74, 6) is 0.640. The fourth-order valence-corrected chi connectivity index (χ4v) is 2.29. The van der Waals surface area contributed by atoms with Crippen molar-refractivity contribution in [3.8, 4) is 0 Å². The van der Waals surface area contributed by atoms with Crippen LogP contribution in [0.15, 0.2) is 6.33 Å². The first kappa shape index (κ1) is 15.4. The van der Waals surface area contributed by atoms with Gasteiger partial charge in [0, 0.05) is 38.1 Å². The highest BCUT2D eigenvalue weighted by atomic mass is 16.5. The van der Waals surface area contributed by atoms with Crippen molar-refractivity contribution in [1.29, 1.82) is 0 Å². The molecule has 0 atom stereocenters. The van der Waals surface area contributed by atoms with Gasteiger partial charge < -0.3 is 10.1 Å². The van der Waals surface area contributed by atoms with Gasteiger partial charge in [-0.05, 0) is 32.3 Å². The normalized spacial score (nSPS) is 11.0. The molecule has 2 rings (SSSR count). The molecule has 7 nitrogen and oxygen atoms in total. The van der Waals surface area contributed by atoms with Crippen molar-refractivity contribution in [2.24, 2.45) is 0 Å². The topological polar surface area (TPSA) is 81.4 Å². The Morgan fingerprint density at radius 1 is 1.43 bits per heavy atom. The number of nitrogens with zero attached hydrogens (tertiary/aromatic N) is 4. The molecule has 0 fully saturated rings. The third-order valence-corrected chi connectivity index (χ3v) is 3.44. The molecule has 21 heavy (non-hydrogen) atoms. The van der Waals surface area contributed by atoms with Gasteiger partial charge in [-0.15, -0.1) is 0 Å². The van der Waals surface area contributed by atoms with Gasteiger partial charge in [-0.3, -0.25) is 4.79 Å². The van der Waals surface area contributed by atoms with Crippen LogP contribution >= 0.6 is 0 Å². The summed E-state index contributed by atoms with van der Waals surface area (Å²) in [6.07, 6.45) is 3.40. The summed E-state index contributed by atoms with van der Waals surface area (Å²) in [6, 6.07) is 0. The smallest absolute Gasteiger partial charge is 0.252 e. The number of hydrogen-bond acceptors (Lipinski definition) is 5. The van der Waals surface area contributed by atoms with Gasteiger partial charge in [-0.1, -0.05) is 0 Å². The number of ether oxygens (including phenoxy) is 1. The number of carbonyl (C=O) groups excluding carboxylic acids is 1. The van der Waals surface area contributed by atoms with E-state index < -0.39 is 0 Å². The highest BCUT2D eigenvalue weighted by Gasteiger charge is 2.12. The van der Waals surface area contributed by atoms with Crippen molar-refractivity contribution in [1.82, 2.24) is 24.9 Å². The van der Waals surface area contributed by atoms with E-state index in [1.165, 1.54) is 6.33 Å². The minimum absolute atomic E-state index is 0.0450. The van der Waals surface area contributed by atoms with Crippen LogP contribution in [0.25, 0.3) is 5.78 Å². The van der Waals surface area contributed by atoms with E-state index in [1.807, 2.05) is 13.8 Å². The average molecular weight is 291 g/mol. The predicted octanol–water partition coefficient (Wildman–Crippen LogP) is 0.826. The van der Waals surface area contributed by atoms with Gasteiger partial charge in [0.15, 0.2) is 0 Å². The number of amides is 1. The molecule has 0 aliphatic rings. The van der Waals surface area contributed by atoms with E-state index in [1.54, 1.807) is 11.6 Å². The number of rotatable bonds is 7. The zero-order chi connectivity index (χ0) is 15.2. The van der Waals surface area contributed by atoms with Crippen molar-refractivity contribution < 1.29 is 9.53 Å². The molecule has 2 aromatic heterocycles. The second-order valence-corrected chi connectivity index (χ2v) is 4.93. The standard InChI is InChI=1S/C14H21N5O2/c1-10-12(5-6-13(20)15-7-4-8-21-3)11(2)19-14(18-10)16-9-17-19/h9H,4-8H2,1-3H3,(H,15,20). The molecule has 0 saturated carbocycles. The highest BCUT2D eigenvalue weighted by Crippen LogP contribution is 2.14. The SMILES string of the molecule is COCCCNC(=O)CCc1c(C)nc2ncnn2c1C. The molecule has 0 aliphatic heterocycles. The van der Waals surface area contributed by atoms with Crippen LogP contribution in [0, 0.1) is 13.8 Å². The molecule has 0 spiro atoms. The lowest BCUT2D eigenvalue weighted by Crippen LogP contribution is -2.25. The Labute approximate surface area is 123 Å². The van der Waals surface area contributed by atoms with Gasteiger partial charge in [0.1, 0.15) is 6.33 Å². The van der Waals surface area contributed by atoms with Gasteiger partial charge in [-0.2, -0.15) is 10.1 Å². The van der Waals surface area contributed by atoms with Crippen LogP contribution in [0.2, 0.25) is 0 Å². The van der Waals surface area contributed by atoms with Gasteiger partial charge in [-0.25, -0.2) is 9.50 Å². The fourth-order valence-electron chi connectivity index (χ4n) is 2.29. The fraction of sp³-hybridized carbons (Fsp3) is 0.571. The van der Waals surface area contributed by atoms with Crippen LogP contribution < -0.4 is 5.32 Å². The monoisotopic (exact) mass is 291 g/mol. The molecule has 0 aliphatic carbocycles. The lowest BCUT2D eigenvalue weighted by atomic mass is 10.1. The molecular weight excluding hydrogens is 270 g/mol. The maximum atomic E-state index is 11.8. The van der Waals surface area contributed by atoms with Gasteiger partial charge in [0.05, 0.1) is 0 Å². The molecule has 0 saturated heterocycles. The first-order valence-electron chi connectivity index (χ1n) is 7.05. The number of hydrogen-bond donors (Lipinski definition) is 1. The summed E-state index contributed by atoms with van der Waals surface area (Å²) in [5.41, 5.74) is 2.95. The number of aromatic nitrogens is 4. The van der Waals surface area contributed by atoms with E-state index in [2.05, 4.69) is 20.4 Å². The van der Waals surface area contributed by atoms with Crippen molar-refractivity contribution in [3.63, 3.8) is 0 Å². The zero-order valence-electron chi connectivity index (χ0n) is 12.7. The first-order valence-corrected chi connectivity index (χ1v) is 7.05. The molecule has 2 aromatic rings. The third kappa shape index (κ3) is 3.75. The lowest BCUT2D eigenvalue weighted by Gasteiger charge is -2.10. The number of methoxy groups -OCH3 is 1. The number of nitrogens with one attached hydrogen (secondary N) is 1. The minimum Gasteiger partial charge on any atom is -0.385 e. The Balaban J connectivity index is 1.95. The molecular formula is C14H21N5O2. The van der Waals surface area contributed by atoms with Crippen LogP contribution in [0.4, 0.5) is 0 Å². The van der Waals surface area contributed by atoms with Crippen LogP contribution in [0.1, 0.15) is 29.8 Å². The quantitative estimate of drug-likeness (QED) is 0.764. The second kappa shape index (κ2) is 7.12. The van der Waals surface area contributed by atoms with Crippen molar-refractivity contribution in [2.75, 3.05) is 20.3 Å². The molecule has 1 amide bonds. The molecule has 114 valence electrons. The predicted molar refractivity (Wildman–Crippen MR) is 78.1 cm³/mol. The van der Waals surface area contributed by atoms with E-state index >= 15 is 0 Å². The molecule has 0 radical (unpaired) electrons. The Kier molecular flexibility index (Phi) is 5.21. The number of carbonyl (C=O) groups is 1. The Hall–Kier alpha value is -2.02. The van der Waals surface area contributed by atoms with Gasteiger partial charge in [0.2, 0.25) is 5.91 Å². The van der Waals surface area contributed by atoms with Crippen molar-refractivity contribution in [2.45, 2.75) is 33.1 Å². The Morgan fingerprint density at radius 2 is 2.24 bits per heavy atom. The van der Waals surface area contributed by atoms with Gasteiger partial charge >= 0.3 is 0 Å². The van der Waals surface area contributed by atoms with Crippen LogP contribution in [-0.2, 0) is 16.0 Å². The molecule has 0 bridgehead atoms.